The highest BCUT2D eigenvalue weighted by molar-refractivity contribution is 7.45. The lowest BCUT2D eigenvalue weighted by molar-refractivity contribution is 0.687. The average molecular weight is 269 g/mol. The molecule has 0 aromatic rings. The van der Waals surface area contributed by atoms with E-state index in [-0.39, 0.29) is 0 Å². The summed E-state index contributed by atoms with van der Waals surface area (Å²) < 4.78 is 0. The van der Waals surface area contributed by atoms with E-state index in [1.165, 1.54) is 51.4 Å². The smallest absolute Gasteiger partial charge is 0.146 e. The molecule has 0 aliphatic rings. The monoisotopic (exact) mass is 268 g/mol. The summed E-state index contributed by atoms with van der Waals surface area (Å²) in [6, 6.07) is 2.20. The molecule has 0 aromatic carbocycles. The van der Waals surface area contributed by atoms with Gasteiger partial charge in [0, 0.05) is 0 Å². The van der Waals surface area contributed by atoms with Crippen molar-refractivity contribution in [2.24, 2.45) is 0 Å². The summed E-state index contributed by atoms with van der Waals surface area (Å²) in [7, 11) is 0. The molecule has 0 spiro atoms. The van der Waals surface area contributed by atoms with E-state index in [2.05, 4.69) is 13.8 Å². The van der Waals surface area contributed by atoms with Crippen molar-refractivity contribution in [3.05, 3.63) is 0 Å². The number of halogens is 2. The summed E-state index contributed by atoms with van der Waals surface area (Å²) in [5.74, 6) is 0. The SMILES string of the molecule is CCCCCC[Si](Cl)(Cl)CCCCCC. The number of hydrogen-bond donors (Lipinski definition) is 0. The molecule has 0 fully saturated rings. The maximum Gasteiger partial charge on any atom is 0.251 e. The van der Waals surface area contributed by atoms with Crippen molar-refractivity contribution in [3.8, 4) is 0 Å². The number of rotatable bonds is 10. The highest BCUT2D eigenvalue weighted by atomic mass is 35.7. The largest absolute Gasteiger partial charge is 0.251 e. The number of unbranched alkanes of at least 4 members (excludes halogenated alkanes) is 6. The average Bonchev–Trinajstić information content (AvgIpc) is 2.20. The molecule has 0 unspecified atom stereocenters. The molecule has 0 aliphatic carbocycles. The molecule has 0 amide bonds. The highest BCUT2D eigenvalue weighted by Crippen LogP contribution is 2.30. The molecular formula is C12H26Cl2Si. The van der Waals surface area contributed by atoms with Gasteiger partial charge in [0.1, 0.15) is 0 Å². The van der Waals surface area contributed by atoms with E-state index < -0.39 is 6.69 Å². The van der Waals surface area contributed by atoms with Crippen LogP contribution in [0.25, 0.3) is 0 Å². The molecule has 15 heavy (non-hydrogen) atoms. The van der Waals surface area contributed by atoms with Crippen LogP contribution in [0.2, 0.25) is 12.1 Å². The van der Waals surface area contributed by atoms with E-state index >= 15 is 0 Å². The summed E-state index contributed by atoms with van der Waals surface area (Å²) in [6.07, 6.45) is 10.3. The van der Waals surface area contributed by atoms with Gasteiger partial charge in [-0.2, -0.15) is 0 Å². The molecule has 0 bridgehead atoms. The van der Waals surface area contributed by atoms with Crippen LogP contribution in [0.4, 0.5) is 0 Å². The Hall–Kier alpha value is 0.797. The van der Waals surface area contributed by atoms with E-state index in [0.717, 1.165) is 12.1 Å². The molecule has 0 heterocycles. The topological polar surface area (TPSA) is 0 Å². The fraction of sp³-hybridized carbons (Fsp3) is 1.00. The summed E-state index contributed by atoms with van der Waals surface area (Å²) >= 11 is 12.8. The zero-order valence-corrected chi connectivity index (χ0v) is 12.8. The molecule has 0 radical (unpaired) electrons. The van der Waals surface area contributed by atoms with E-state index in [9.17, 15) is 0 Å². The molecule has 0 saturated carbocycles. The summed E-state index contributed by atoms with van der Waals surface area (Å²) in [4.78, 5) is 0. The van der Waals surface area contributed by atoms with Crippen LogP contribution in [0.1, 0.15) is 65.2 Å². The van der Waals surface area contributed by atoms with Crippen molar-refractivity contribution in [2.45, 2.75) is 77.3 Å². The fourth-order valence-electron chi connectivity index (χ4n) is 1.75. The van der Waals surface area contributed by atoms with Crippen LogP contribution in [0.3, 0.4) is 0 Å². The molecule has 92 valence electrons. The van der Waals surface area contributed by atoms with Gasteiger partial charge in [0.2, 0.25) is 0 Å². The van der Waals surface area contributed by atoms with Crippen molar-refractivity contribution < 1.29 is 0 Å². The van der Waals surface area contributed by atoms with Gasteiger partial charge in [0.25, 0.3) is 6.69 Å². The van der Waals surface area contributed by atoms with Gasteiger partial charge >= 0.3 is 0 Å². The van der Waals surface area contributed by atoms with E-state index in [0.29, 0.717) is 0 Å². The van der Waals surface area contributed by atoms with Gasteiger partial charge in [0.15, 0.2) is 0 Å². The van der Waals surface area contributed by atoms with Crippen LogP contribution in [-0.2, 0) is 0 Å². The van der Waals surface area contributed by atoms with Crippen LogP contribution < -0.4 is 0 Å². The van der Waals surface area contributed by atoms with Gasteiger partial charge in [-0.15, -0.1) is 22.2 Å². The van der Waals surface area contributed by atoms with Gasteiger partial charge in [-0.3, -0.25) is 0 Å². The third kappa shape index (κ3) is 11.1. The Kier molecular flexibility index (Phi) is 10.5. The molecule has 0 atom stereocenters. The molecule has 0 saturated heterocycles. The van der Waals surface area contributed by atoms with Gasteiger partial charge < -0.3 is 0 Å². The maximum atomic E-state index is 6.40. The Morgan fingerprint density at radius 1 is 0.667 bits per heavy atom. The van der Waals surface area contributed by atoms with E-state index in [1.54, 1.807) is 0 Å². The minimum atomic E-state index is -1.86. The Bertz CT molecular complexity index is 124. The predicted octanol–water partition coefficient (Wildman–Crippen LogP) is 6.07. The molecule has 0 nitrogen and oxygen atoms in total. The first-order valence-electron chi connectivity index (χ1n) is 6.50. The maximum absolute atomic E-state index is 6.40. The molecule has 0 aliphatic heterocycles. The lowest BCUT2D eigenvalue weighted by Gasteiger charge is -2.16. The lowest BCUT2D eigenvalue weighted by atomic mass is 10.2. The Morgan fingerprint density at radius 3 is 1.40 bits per heavy atom. The van der Waals surface area contributed by atoms with Gasteiger partial charge in [-0.25, -0.2) is 0 Å². The zero-order chi connectivity index (χ0) is 11.6. The third-order valence-corrected chi connectivity index (χ3v) is 7.23. The molecular weight excluding hydrogens is 243 g/mol. The van der Waals surface area contributed by atoms with Crippen LogP contribution in [0.5, 0.6) is 0 Å². The van der Waals surface area contributed by atoms with E-state index in [4.69, 9.17) is 22.2 Å². The third-order valence-electron chi connectivity index (χ3n) is 2.79. The van der Waals surface area contributed by atoms with Crippen LogP contribution in [-0.4, -0.2) is 6.69 Å². The Balaban J connectivity index is 3.40. The molecule has 0 rings (SSSR count). The summed E-state index contributed by atoms with van der Waals surface area (Å²) in [5.41, 5.74) is 0. The molecule has 0 N–H and O–H groups in total. The normalized spacial score (nSPS) is 12.0. The van der Waals surface area contributed by atoms with Crippen molar-refractivity contribution in [1.82, 2.24) is 0 Å². The number of hydrogen-bond acceptors (Lipinski definition) is 0. The molecule has 0 aromatic heterocycles. The van der Waals surface area contributed by atoms with E-state index in [1.807, 2.05) is 0 Å². The standard InChI is InChI=1S/C12H26Cl2Si/c1-3-5-7-9-11-15(13,14)12-10-8-6-4-2/h3-12H2,1-2H3. The minimum absolute atomic E-state index is 1.10. The van der Waals surface area contributed by atoms with Gasteiger partial charge in [0.05, 0.1) is 0 Å². The first kappa shape index (κ1) is 15.8. The Labute approximate surface area is 106 Å². The predicted molar refractivity (Wildman–Crippen MR) is 75.4 cm³/mol. The summed E-state index contributed by atoms with van der Waals surface area (Å²) in [5, 5.41) is 0. The van der Waals surface area contributed by atoms with Crippen molar-refractivity contribution in [2.75, 3.05) is 0 Å². The molecule has 3 heteroatoms. The van der Waals surface area contributed by atoms with Crippen molar-refractivity contribution in [1.29, 1.82) is 0 Å². The zero-order valence-electron chi connectivity index (χ0n) is 10.3. The first-order valence-corrected chi connectivity index (χ1v) is 10.9. The second-order valence-electron chi connectivity index (χ2n) is 4.48. The van der Waals surface area contributed by atoms with Crippen LogP contribution >= 0.6 is 22.2 Å². The van der Waals surface area contributed by atoms with Crippen LogP contribution in [0.15, 0.2) is 0 Å². The van der Waals surface area contributed by atoms with Crippen molar-refractivity contribution in [3.63, 3.8) is 0 Å². The quantitative estimate of drug-likeness (QED) is 0.256. The second-order valence-corrected chi connectivity index (χ2v) is 12.1. The summed E-state index contributed by atoms with van der Waals surface area (Å²) in [6.45, 7) is 2.61. The van der Waals surface area contributed by atoms with Gasteiger partial charge in [-0.05, 0) is 12.1 Å². The van der Waals surface area contributed by atoms with Gasteiger partial charge in [-0.1, -0.05) is 65.2 Å². The van der Waals surface area contributed by atoms with Crippen LogP contribution in [0, 0.1) is 0 Å². The fourth-order valence-corrected chi connectivity index (χ4v) is 5.13. The van der Waals surface area contributed by atoms with Crippen molar-refractivity contribution >= 4 is 28.9 Å². The highest BCUT2D eigenvalue weighted by Gasteiger charge is 2.26. The second kappa shape index (κ2) is 9.98. The Morgan fingerprint density at radius 2 is 1.07 bits per heavy atom. The minimum Gasteiger partial charge on any atom is -0.146 e. The lowest BCUT2D eigenvalue weighted by Crippen LogP contribution is -2.18. The first-order chi connectivity index (χ1) is 7.12.